The first-order chi connectivity index (χ1) is 8.39. The molecule has 0 aromatic carbocycles. The van der Waals surface area contributed by atoms with Gasteiger partial charge in [0, 0.05) is 32.7 Å². The zero-order valence-corrected chi connectivity index (χ0v) is 11.4. The number of amides is 1. The van der Waals surface area contributed by atoms with E-state index in [4.69, 9.17) is 5.11 Å². The third-order valence-electron chi connectivity index (χ3n) is 3.43. The molecule has 1 amide bonds. The van der Waals surface area contributed by atoms with Gasteiger partial charge in [-0.15, -0.1) is 0 Å². The molecule has 6 nitrogen and oxygen atoms in total. The molecule has 2 N–H and O–H groups in total. The predicted molar refractivity (Wildman–Crippen MR) is 68.4 cm³/mol. The summed E-state index contributed by atoms with van der Waals surface area (Å²) in [6, 6.07) is 0. The van der Waals surface area contributed by atoms with Gasteiger partial charge in [0.15, 0.2) is 0 Å². The number of carboxylic acids is 1. The van der Waals surface area contributed by atoms with Gasteiger partial charge in [0.25, 0.3) is 0 Å². The van der Waals surface area contributed by atoms with Gasteiger partial charge in [-0.3, -0.25) is 14.5 Å². The highest BCUT2D eigenvalue weighted by Crippen LogP contribution is 2.18. The molecule has 6 heteroatoms. The molecule has 0 aromatic heterocycles. The Labute approximate surface area is 108 Å². The van der Waals surface area contributed by atoms with Gasteiger partial charge in [-0.25, -0.2) is 0 Å². The van der Waals surface area contributed by atoms with Gasteiger partial charge in [-0.1, -0.05) is 0 Å². The topological polar surface area (TPSA) is 72.9 Å². The van der Waals surface area contributed by atoms with Gasteiger partial charge in [-0.2, -0.15) is 0 Å². The van der Waals surface area contributed by atoms with Crippen molar-refractivity contribution in [2.24, 2.45) is 0 Å². The summed E-state index contributed by atoms with van der Waals surface area (Å²) in [4.78, 5) is 26.7. The van der Waals surface area contributed by atoms with Crippen molar-refractivity contribution in [3.8, 4) is 0 Å². The number of nitrogens with one attached hydrogen (secondary N) is 1. The number of hydrogen-bond acceptors (Lipinski definition) is 4. The lowest BCUT2D eigenvalue weighted by molar-refractivity contribution is -0.150. The van der Waals surface area contributed by atoms with E-state index in [-0.39, 0.29) is 12.5 Å². The largest absolute Gasteiger partial charge is 0.480 e. The van der Waals surface area contributed by atoms with E-state index in [1.54, 1.807) is 6.92 Å². The quantitative estimate of drug-likeness (QED) is 0.701. The Morgan fingerprint density at radius 3 is 2.33 bits per heavy atom. The summed E-state index contributed by atoms with van der Waals surface area (Å²) in [6.07, 6.45) is 0. The van der Waals surface area contributed by atoms with Crippen molar-refractivity contribution >= 4 is 11.9 Å². The molecule has 1 saturated heterocycles. The standard InChI is InChI=1S/C12H23N3O3/c1-4-14(9-10(16)17)11(18)12(2,3)15-7-5-13-6-8-15/h13H,4-9H2,1-3H3,(H,16,17). The highest BCUT2D eigenvalue weighted by atomic mass is 16.4. The van der Waals surface area contributed by atoms with Gasteiger partial charge in [-0.05, 0) is 20.8 Å². The smallest absolute Gasteiger partial charge is 0.323 e. The Balaban J connectivity index is 2.74. The number of carbonyl (C=O) groups excluding carboxylic acids is 1. The fourth-order valence-corrected chi connectivity index (χ4v) is 2.24. The molecule has 0 bridgehead atoms. The molecule has 0 radical (unpaired) electrons. The van der Waals surface area contributed by atoms with Gasteiger partial charge < -0.3 is 15.3 Å². The summed E-state index contributed by atoms with van der Waals surface area (Å²) in [7, 11) is 0. The number of piperazine rings is 1. The summed E-state index contributed by atoms with van der Waals surface area (Å²) in [5.41, 5.74) is -0.645. The van der Waals surface area contributed by atoms with Crippen LogP contribution < -0.4 is 5.32 Å². The van der Waals surface area contributed by atoms with Crippen molar-refractivity contribution in [3.05, 3.63) is 0 Å². The molecule has 1 aliphatic heterocycles. The highest BCUT2D eigenvalue weighted by molar-refractivity contribution is 5.88. The Morgan fingerprint density at radius 2 is 1.89 bits per heavy atom. The molecule has 0 unspecified atom stereocenters. The van der Waals surface area contributed by atoms with E-state index in [0.29, 0.717) is 6.54 Å². The second-order valence-corrected chi connectivity index (χ2v) is 5.01. The van der Waals surface area contributed by atoms with Crippen LogP contribution in [0.4, 0.5) is 0 Å². The van der Waals surface area contributed by atoms with Crippen molar-refractivity contribution in [2.75, 3.05) is 39.3 Å². The molecule has 0 saturated carbocycles. The molecular formula is C12H23N3O3. The van der Waals surface area contributed by atoms with Crippen molar-refractivity contribution in [1.82, 2.24) is 15.1 Å². The minimum atomic E-state index is -0.971. The summed E-state index contributed by atoms with van der Waals surface area (Å²) >= 11 is 0. The molecule has 1 heterocycles. The number of nitrogens with zero attached hydrogens (tertiary/aromatic N) is 2. The molecule has 1 aliphatic rings. The van der Waals surface area contributed by atoms with Gasteiger partial charge in [0.1, 0.15) is 6.54 Å². The number of aliphatic carboxylic acids is 1. The first kappa shape index (κ1) is 14.9. The van der Waals surface area contributed by atoms with Gasteiger partial charge in [0.2, 0.25) is 5.91 Å². The molecule has 0 aliphatic carbocycles. The monoisotopic (exact) mass is 257 g/mol. The number of carboxylic acid groups (broad SMARTS) is 1. The average Bonchev–Trinajstić information content (AvgIpc) is 2.36. The van der Waals surface area contributed by atoms with Crippen LogP contribution >= 0.6 is 0 Å². The molecule has 0 atom stereocenters. The van der Waals surface area contributed by atoms with Crippen LogP contribution in [0.3, 0.4) is 0 Å². The molecule has 1 rings (SSSR count). The minimum Gasteiger partial charge on any atom is -0.480 e. The molecule has 104 valence electrons. The fraction of sp³-hybridized carbons (Fsp3) is 0.833. The third-order valence-corrected chi connectivity index (χ3v) is 3.43. The van der Waals surface area contributed by atoms with Crippen molar-refractivity contribution in [2.45, 2.75) is 26.3 Å². The van der Waals surface area contributed by atoms with E-state index in [9.17, 15) is 9.59 Å². The van der Waals surface area contributed by atoms with Crippen molar-refractivity contribution in [1.29, 1.82) is 0 Å². The van der Waals surface area contributed by atoms with E-state index in [2.05, 4.69) is 10.2 Å². The summed E-state index contributed by atoms with van der Waals surface area (Å²) in [5.74, 6) is -1.09. The predicted octanol–water partition coefficient (Wildman–Crippen LogP) is -0.397. The maximum absolute atomic E-state index is 12.4. The van der Waals surface area contributed by atoms with E-state index < -0.39 is 11.5 Å². The summed E-state index contributed by atoms with van der Waals surface area (Å²) in [5, 5.41) is 12.1. The maximum Gasteiger partial charge on any atom is 0.323 e. The Kier molecular flexibility index (Phi) is 5.10. The van der Waals surface area contributed by atoms with E-state index >= 15 is 0 Å². The van der Waals surface area contributed by atoms with Gasteiger partial charge >= 0.3 is 5.97 Å². The van der Waals surface area contributed by atoms with E-state index in [1.807, 2.05) is 13.8 Å². The zero-order chi connectivity index (χ0) is 13.8. The van der Waals surface area contributed by atoms with Gasteiger partial charge in [0.05, 0.1) is 5.54 Å². The van der Waals surface area contributed by atoms with Crippen LogP contribution in [0.2, 0.25) is 0 Å². The lowest BCUT2D eigenvalue weighted by Crippen LogP contribution is -2.61. The normalized spacial score (nSPS) is 17.5. The summed E-state index contributed by atoms with van der Waals surface area (Å²) < 4.78 is 0. The van der Waals surface area contributed by atoms with Crippen LogP contribution in [0.25, 0.3) is 0 Å². The Morgan fingerprint density at radius 1 is 1.33 bits per heavy atom. The lowest BCUT2D eigenvalue weighted by atomic mass is 9.99. The van der Waals surface area contributed by atoms with Crippen molar-refractivity contribution in [3.63, 3.8) is 0 Å². The molecule has 18 heavy (non-hydrogen) atoms. The van der Waals surface area contributed by atoms with Crippen LogP contribution in [0.1, 0.15) is 20.8 Å². The first-order valence-corrected chi connectivity index (χ1v) is 6.36. The number of likely N-dealkylation sites (N-methyl/N-ethyl adjacent to an activating group) is 1. The Hall–Kier alpha value is -1.14. The minimum absolute atomic E-state index is 0.116. The molecule has 0 spiro atoms. The van der Waals surface area contributed by atoms with Crippen LogP contribution in [0, 0.1) is 0 Å². The molecule has 1 fully saturated rings. The molecule has 0 aromatic rings. The van der Waals surface area contributed by atoms with E-state index in [0.717, 1.165) is 26.2 Å². The Bertz CT molecular complexity index is 312. The number of carbonyl (C=O) groups is 2. The zero-order valence-electron chi connectivity index (χ0n) is 11.4. The fourth-order valence-electron chi connectivity index (χ4n) is 2.24. The second-order valence-electron chi connectivity index (χ2n) is 5.01. The lowest BCUT2D eigenvalue weighted by Gasteiger charge is -2.42. The van der Waals surface area contributed by atoms with Crippen LogP contribution in [-0.2, 0) is 9.59 Å². The number of rotatable bonds is 5. The highest BCUT2D eigenvalue weighted by Gasteiger charge is 2.38. The van der Waals surface area contributed by atoms with Crippen LogP contribution in [0.5, 0.6) is 0 Å². The third kappa shape index (κ3) is 3.43. The first-order valence-electron chi connectivity index (χ1n) is 6.36. The van der Waals surface area contributed by atoms with Crippen LogP contribution in [-0.4, -0.2) is 71.6 Å². The second kappa shape index (κ2) is 6.15. The van der Waals surface area contributed by atoms with Crippen molar-refractivity contribution < 1.29 is 14.7 Å². The summed E-state index contributed by atoms with van der Waals surface area (Å²) in [6.45, 7) is 9.06. The van der Waals surface area contributed by atoms with Crippen LogP contribution in [0.15, 0.2) is 0 Å². The van der Waals surface area contributed by atoms with E-state index in [1.165, 1.54) is 4.90 Å². The average molecular weight is 257 g/mol. The number of hydrogen-bond donors (Lipinski definition) is 2. The molecular weight excluding hydrogens is 234 g/mol. The maximum atomic E-state index is 12.4. The SMILES string of the molecule is CCN(CC(=O)O)C(=O)C(C)(C)N1CCNCC1.